The van der Waals surface area contributed by atoms with Gasteiger partial charge in [-0.3, -0.25) is 0 Å². The van der Waals surface area contributed by atoms with E-state index >= 15 is 0 Å². The molecule has 1 atom stereocenters. The third-order valence-electron chi connectivity index (χ3n) is 3.48. The SMILES string of the molecule is CC(C)(C)OC(=O)NCC1OCCc2cccc(OS(=O)(=O)C(F)(F)F)c21. The Bertz CT molecular complexity index is 801. The van der Waals surface area contributed by atoms with Crippen LogP contribution in [0.3, 0.4) is 0 Å². The molecule has 0 bridgehead atoms. The van der Waals surface area contributed by atoms with E-state index in [1.807, 2.05) is 0 Å². The monoisotopic (exact) mass is 411 g/mol. The topological polar surface area (TPSA) is 90.9 Å². The lowest BCUT2D eigenvalue weighted by Crippen LogP contribution is -2.36. The summed E-state index contributed by atoms with van der Waals surface area (Å²) in [6.45, 7) is 5.14. The molecule has 1 aliphatic rings. The van der Waals surface area contributed by atoms with E-state index in [-0.39, 0.29) is 18.7 Å². The highest BCUT2D eigenvalue weighted by atomic mass is 32.2. The van der Waals surface area contributed by atoms with Crippen LogP contribution < -0.4 is 9.50 Å². The molecule has 1 aromatic rings. The smallest absolute Gasteiger partial charge is 0.444 e. The predicted octanol–water partition coefficient (Wildman–Crippen LogP) is 3.05. The van der Waals surface area contributed by atoms with Gasteiger partial charge in [0.05, 0.1) is 13.2 Å². The highest BCUT2D eigenvalue weighted by molar-refractivity contribution is 7.88. The molecule has 0 fully saturated rings. The molecule has 0 spiro atoms. The Balaban J connectivity index is 2.24. The van der Waals surface area contributed by atoms with Gasteiger partial charge in [-0.05, 0) is 38.8 Å². The van der Waals surface area contributed by atoms with Gasteiger partial charge in [-0.1, -0.05) is 12.1 Å². The van der Waals surface area contributed by atoms with Crippen molar-refractivity contribution in [3.05, 3.63) is 29.3 Å². The van der Waals surface area contributed by atoms with Crippen LogP contribution in [0.2, 0.25) is 0 Å². The lowest BCUT2D eigenvalue weighted by atomic mass is 9.96. The molecule has 2 rings (SSSR count). The second-order valence-electron chi connectivity index (χ2n) is 6.80. The maximum absolute atomic E-state index is 12.6. The van der Waals surface area contributed by atoms with Gasteiger partial charge in [0.2, 0.25) is 0 Å². The Morgan fingerprint density at radius 2 is 1.96 bits per heavy atom. The lowest BCUT2D eigenvalue weighted by Gasteiger charge is -2.28. The highest BCUT2D eigenvalue weighted by Crippen LogP contribution is 2.37. The molecule has 152 valence electrons. The zero-order chi connectivity index (χ0) is 20.5. The zero-order valence-corrected chi connectivity index (χ0v) is 15.7. The van der Waals surface area contributed by atoms with Gasteiger partial charge in [0.1, 0.15) is 17.5 Å². The standard InChI is InChI=1S/C16H20F3NO6S/c1-15(2,3)25-14(21)20-9-12-13-10(7-8-24-12)5-4-6-11(13)26-27(22,23)16(17,18)19/h4-6,12H,7-9H2,1-3H3,(H,20,21). The molecule has 1 aliphatic heterocycles. The minimum Gasteiger partial charge on any atom is -0.444 e. The first-order chi connectivity index (χ1) is 12.3. The molecule has 1 aromatic carbocycles. The van der Waals surface area contributed by atoms with Gasteiger partial charge < -0.3 is 19.0 Å². The molecule has 0 aromatic heterocycles. The fourth-order valence-corrected chi connectivity index (χ4v) is 2.93. The van der Waals surface area contributed by atoms with Gasteiger partial charge in [0.25, 0.3) is 0 Å². The Labute approximate surface area is 154 Å². The fraction of sp³-hybridized carbons (Fsp3) is 0.562. The first-order valence-electron chi connectivity index (χ1n) is 8.01. The van der Waals surface area contributed by atoms with Crippen molar-refractivity contribution < 1.29 is 40.0 Å². The van der Waals surface area contributed by atoms with Crippen LogP contribution in [0.4, 0.5) is 18.0 Å². The Morgan fingerprint density at radius 1 is 1.30 bits per heavy atom. The Kier molecular flexibility index (Phi) is 5.95. The van der Waals surface area contributed by atoms with Crippen LogP contribution in [0.1, 0.15) is 38.0 Å². The number of carbonyl (C=O) groups is 1. The summed E-state index contributed by atoms with van der Waals surface area (Å²) >= 11 is 0. The van der Waals surface area contributed by atoms with Gasteiger partial charge in [0.15, 0.2) is 0 Å². The molecule has 0 aliphatic carbocycles. The van der Waals surface area contributed by atoms with Crippen LogP contribution in [0.25, 0.3) is 0 Å². The third-order valence-corrected chi connectivity index (χ3v) is 4.45. The number of nitrogens with one attached hydrogen (secondary N) is 1. The number of alkyl carbamates (subject to hydrolysis) is 1. The van der Waals surface area contributed by atoms with E-state index in [0.29, 0.717) is 12.0 Å². The molecular weight excluding hydrogens is 391 g/mol. The summed E-state index contributed by atoms with van der Waals surface area (Å²) in [6, 6.07) is 4.13. The summed E-state index contributed by atoms with van der Waals surface area (Å²) in [7, 11) is -5.83. The number of benzene rings is 1. The van der Waals surface area contributed by atoms with Crippen LogP contribution in [0.5, 0.6) is 5.75 Å². The van der Waals surface area contributed by atoms with Crippen molar-refractivity contribution in [2.24, 2.45) is 0 Å². The highest BCUT2D eigenvalue weighted by Gasteiger charge is 2.49. The molecule has 11 heteroatoms. The van der Waals surface area contributed by atoms with Crippen molar-refractivity contribution in [3.63, 3.8) is 0 Å². The van der Waals surface area contributed by atoms with E-state index in [2.05, 4.69) is 9.50 Å². The molecule has 1 unspecified atom stereocenters. The predicted molar refractivity (Wildman–Crippen MR) is 88.7 cm³/mol. The van der Waals surface area contributed by atoms with Gasteiger partial charge in [-0.15, -0.1) is 0 Å². The summed E-state index contributed by atoms with van der Waals surface area (Å²) in [4.78, 5) is 11.8. The molecule has 1 amide bonds. The largest absolute Gasteiger partial charge is 0.534 e. The van der Waals surface area contributed by atoms with Gasteiger partial charge in [0, 0.05) is 5.56 Å². The summed E-state index contributed by atoms with van der Waals surface area (Å²) < 4.78 is 75.5. The quantitative estimate of drug-likeness (QED) is 0.605. The number of fused-ring (bicyclic) bond motifs is 1. The average Bonchev–Trinajstić information content (AvgIpc) is 2.50. The van der Waals surface area contributed by atoms with Crippen molar-refractivity contribution in [2.75, 3.05) is 13.2 Å². The number of halogens is 3. The maximum atomic E-state index is 12.6. The number of hydrogen-bond donors (Lipinski definition) is 1. The summed E-state index contributed by atoms with van der Waals surface area (Å²) in [5.74, 6) is -0.486. The minimum absolute atomic E-state index is 0.131. The number of carbonyl (C=O) groups excluding carboxylic acids is 1. The Hall–Kier alpha value is -2.01. The van der Waals surface area contributed by atoms with Crippen LogP contribution in [-0.4, -0.2) is 38.8 Å². The molecule has 1 N–H and O–H groups in total. The molecule has 0 radical (unpaired) electrons. The van der Waals surface area contributed by atoms with Crippen LogP contribution in [0.15, 0.2) is 18.2 Å². The number of rotatable bonds is 4. The van der Waals surface area contributed by atoms with Crippen molar-refractivity contribution in [1.29, 1.82) is 0 Å². The average molecular weight is 411 g/mol. The van der Waals surface area contributed by atoms with E-state index in [9.17, 15) is 26.4 Å². The van der Waals surface area contributed by atoms with E-state index in [4.69, 9.17) is 9.47 Å². The fourth-order valence-electron chi connectivity index (χ4n) is 2.46. The first-order valence-corrected chi connectivity index (χ1v) is 9.42. The summed E-state index contributed by atoms with van der Waals surface area (Å²) in [5.41, 5.74) is -5.57. The maximum Gasteiger partial charge on any atom is 0.534 e. The number of alkyl halides is 3. The number of amides is 1. The normalized spacial score (nSPS) is 17.8. The van der Waals surface area contributed by atoms with Gasteiger partial charge >= 0.3 is 21.7 Å². The molecule has 0 saturated carbocycles. The zero-order valence-electron chi connectivity index (χ0n) is 14.9. The van der Waals surface area contributed by atoms with Crippen molar-refractivity contribution in [1.82, 2.24) is 5.32 Å². The molecule has 27 heavy (non-hydrogen) atoms. The molecule has 0 saturated heterocycles. The second kappa shape index (κ2) is 7.55. The van der Waals surface area contributed by atoms with Gasteiger partial charge in [-0.2, -0.15) is 21.6 Å². The van der Waals surface area contributed by atoms with Crippen molar-refractivity contribution in [2.45, 2.75) is 44.4 Å². The van der Waals surface area contributed by atoms with Crippen LogP contribution >= 0.6 is 0 Å². The number of ether oxygens (including phenoxy) is 2. The van der Waals surface area contributed by atoms with Crippen molar-refractivity contribution >= 4 is 16.2 Å². The number of hydrogen-bond acceptors (Lipinski definition) is 6. The summed E-state index contributed by atoms with van der Waals surface area (Å²) in [5, 5.41) is 2.46. The van der Waals surface area contributed by atoms with E-state index in [0.717, 1.165) is 6.07 Å². The van der Waals surface area contributed by atoms with Crippen LogP contribution in [-0.2, 0) is 26.0 Å². The Morgan fingerprint density at radius 3 is 2.56 bits per heavy atom. The molecular formula is C16H20F3NO6S. The van der Waals surface area contributed by atoms with E-state index in [1.165, 1.54) is 6.07 Å². The molecule has 1 heterocycles. The lowest BCUT2D eigenvalue weighted by molar-refractivity contribution is -0.0501. The first kappa shape index (κ1) is 21.3. The van der Waals surface area contributed by atoms with Crippen LogP contribution in [0, 0.1) is 0 Å². The second-order valence-corrected chi connectivity index (χ2v) is 8.34. The van der Waals surface area contributed by atoms with Gasteiger partial charge in [-0.25, -0.2) is 4.79 Å². The van der Waals surface area contributed by atoms with E-state index in [1.54, 1.807) is 26.8 Å². The third kappa shape index (κ3) is 5.48. The summed E-state index contributed by atoms with van der Waals surface area (Å²) in [6.07, 6.45) is -1.26. The van der Waals surface area contributed by atoms with E-state index < -0.39 is 39.2 Å². The molecule has 7 nitrogen and oxygen atoms in total. The minimum atomic E-state index is -5.83. The van der Waals surface area contributed by atoms with Crippen molar-refractivity contribution in [3.8, 4) is 5.75 Å².